The second-order valence-electron chi connectivity index (χ2n) is 11.7. The van der Waals surface area contributed by atoms with Gasteiger partial charge in [-0.3, -0.25) is 0 Å². The zero-order chi connectivity index (χ0) is 23.6. The lowest BCUT2D eigenvalue weighted by atomic mass is 9.52. The quantitative estimate of drug-likeness (QED) is 0.271. The predicted octanol–water partition coefficient (Wildman–Crippen LogP) is 7.71. The van der Waals surface area contributed by atoms with Crippen LogP contribution in [0.4, 0.5) is 24.6 Å². The molecule has 0 atom stereocenters. The van der Waals surface area contributed by atoms with E-state index in [0.29, 0.717) is 10.8 Å². The second-order valence-corrected chi connectivity index (χ2v) is 11.7. The Morgan fingerprint density at radius 1 is 0.879 bits per heavy atom. The van der Waals surface area contributed by atoms with E-state index in [0.717, 1.165) is 36.0 Å². The molecule has 1 spiro atoms. The molecule has 2 aliphatic carbocycles. The number of hydrogen-bond acceptors (Lipinski definition) is 3. The van der Waals surface area contributed by atoms with Crippen LogP contribution in [0.1, 0.15) is 58.1 Å². The van der Waals surface area contributed by atoms with E-state index in [1.54, 1.807) is 0 Å². The molecule has 3 aliphatic rings. The van der Waals surface area contributed by atoms with Gasteiger partial charge >= 0.3 is 6.17 Å². The van der Waals surface area contributed by atoms with Crippen molar-refractivity contribution in [1.29, 1.82) is 0 Å². The van der Waals surface area contributed by atoms with Gasteiger partial charge in [0.25, 0.3) is 0 Å². The second kappa shape index (κ2) is 5.96. The molecule has 3 aromatic rings. The number of halogens is 3. The van der Waals surface area contributed by atoms with Crippen molar-refractivity contribution in [2.24, 2.45) is 10.8 Å². The molecule has 0 radical (unpaired) electrons. The molecule has 0 unspecified atom stereocenters. The molecule has 0 bridgehead atoms. The standard InChI is InChI=1S/C27H27F3N2O/c1-24(2)12-25(3,4)14-26(13-24)18-8-6-5-7-15(18)23-17-10-21-20(31-27(28,29)32(21)30)9-16(17)22(33)11-19(23)26/h5-11,31,33H,12-14H2,1-4H3. The molecule has 172 valence electrons. The van der Waals surface area contributed by atoms with Crippen molar-refractivity contribution < 1.29 is 18.4 Å². The van der Waals surface area contributed by atoms with Crippen molar-refractivity contribution in [3.8, 4) is 16.9 Å². The van der Waals surface area contributed by atoms with E-state index >= 15 is 0 Å². The molecule has 1 saturated carbocycles. The van der Waals surface area contributed by atoms with Crippen molar-refractivity contribution in [2.45, 2.75) is 58.5 Å². The van der Waals surface area contributed by atoms with Gasteiger partial charge in [0, 0.05) is 10.8 Å². The first kappa shape index (κ1) is 20.7. The summed E-state index contributed by atoms with van der Waals surface area (Å²) in [6.07, 6.45) is -0.907. The van der Waals surface area contributed by atoms with Crippen molar-refractivity contribution in [3.63, 3.8) is 0 Å². The number of aromatic hydroxyl groups is 1. The molecule has 1 fully saturated rings. The van der Waals surface area contributed by atoms with Gasteiger partial charge in [0.15, 0.2) is 0 Å². The van der Waals surface area contributed by atoms with Crippen LogP contribution in [0.3, 0.4) is 0 Å². The maximum atomic E-state index is 14.5. The van der Waals surface area contributed by atoms with Gasteiger partial charge in [0.2, 0.25) is 0 Å². The Kier molecular flexibility index (Phi) is 3.74. The van der Waals surface area contributed by atoms with Gasteiger partial charge in [0.05, 0.1) is 5.69 Å². The zero-order valence-corrected chi connectivity index (χ0v) is 19.2. The van der Waals surface area contributed by atoms with Gasteiger partial charge in [-0.05, 0) is 75.9 Å². The molecule has 1 aliphatic heterocycles. The number of anilines is 2. The zero-order valence-electron chi connectivity index (χ0n) is 19.2. The summed E-state index contributed by atoms with van der Waals surface area (Å²) < 4.78 is 42.5. The Morgan fingerprint density at radius 2 is 1.55 bits per heavy atom. The summed E-state index contributed by atoms with van der Waals surface area (Å²) in [6, 6.07) is 12.9. The largest absolute Gasteiger partial charge is 0.507 e. The highest BCUT2D eigenvalue weighted by molar-refractivity contribution is 6.08. The normalized spacial score (nSPS) is 22.7. The summed E-state index contributed by atoms with van der Waals surface area (Å²) >= 11 is 0. The lowest BCUT2D eigenvalue weighted by molar-refractivity contribution is -0.00571. The minimum Gasteiger partial charge on any atom is -0.507 e. The number of phenols is 1. The fourth-order valence-electron chi connectivity index (χ4n) is 7.49. The van der Waals surface area contributed by atoms with Crippen LogP contribution in [0, 0.1) is 10.8 Å². The molecule has 3 nitrogen and oxygen atoms in total. The van der Waals surface area contributed by atoms with E-state index in [2.05, 4.69) is 39.8 Å². The monoisotopic (exact) mass is 452 g/mol. The summed E-state index contributed by atoms with van der Waals surface area (Å²) in [7, 11) is 0. The first-order chi connectivity index (χ1) is 15.3. The van der Waals surface area contributed by atoms with E-state index in [9.17, 15) is 18.4 Å². The van der Waals surface area contributed by atoms with E-state index in [4.69, 9.17) is 0 Å². The molecule has 0 aromatic heterocycles. The molecule has 0 amide bonds. The smallest absolute Gasteiger partial charge is 0.438 e. The van der Waals surface area contributed by atoms with Gasteiger partial charge in [-0.25, -0.2) is 0 Å². The van der Waals surface area contributed by atoms with Gasteiger partial charge in [-0.1, -0.05) is 56.4 Å². The average Bonchev–Trinajstić information content (AvgIpc) is 3.07. The fraction of sp³-hybridized carbons (Fsp3) is 0.407. The van der Waals surface area contributed by atoms with Gasteiger partial charge in [-0.2, -0.15) is 8.78 Å². The molecule has 1 heterocycles. The van der Waals surface area contributed by atoms with E-state index in [1.165, 1.54) is 17.7 Å². The van der Waals surface area contributed by atoms with Crippen molar-refractivity contribution in [3.05, 3.63) is 53.6 Å². The van der Waals surface area contributed by atoms with Crippen molar-refractivity contribution in [1.82, 2.24) is 0 Å². The number of rotatable bonds is 0. The first-order valence-electron chi connectivity index (χ1n) is 11.4. The van der Waals surface area contributed by atoms with Crippen LogP contribution in [0.15, 0.2) is 42.5 Å². The molecule has 33 heavy (non-hydrogen) atoms. The fourth-order valence-corrected chi connectivity index (χ4v) is 7.49. The number of alkyl halides is 2. The highest BCUT2D eigenvalue weighted by Gasteiger charge is 2.54. The molecule has 3 aromatic carbocycles. The minimum atomic E-state index is -3.82. The number of hydrogen-bond donors (Lipinski definition) is 2. The Balaban J connectivity index is 1.70. The Morgan fingerprint density at radius 3 is 2.24 bits per heavy atom. The van der Waals surface area contributed by atoms with Crippen LogP contribution in [-0.4, -0.2) is 11.3 Å². The van der Waals surface area contributed by atoms with E-state index in [1.807, 2.05) is 23.5 Å². The number of phenolic OH excluding ortho intramolecular Hbond substituents is 1. The summed E-state index contributed by atoms with van der Waals surface area (Å²) in [5.74, 6) is 0.0299. The van der Waals surface area contributed by atoms with Gasteiger partial charge in [0.1, 0.15) is 11.4 Å². The van der Waals surface area contributed by atoms with Gasteiger partial charge in [-0.15, -0.1) is 5.12 Å². The Bertz CT molecular complexity index is 1330. The number of fused-ring (bicyclic) bond motifs is 8. The van der Waals surface area contributed by atoms with Crippen molar-refractivity contribution in [2.75, 3.05) is 10.4 Å². The summed E-state index contributed by atoms with van der Waals surface area (Å²) in [6.45, 7) is 9.16. The highest BCUT2D eigenvalue weighted by Crippen LogP contribution is 2.65. The Labute approximate surface area is 191 Å². The average molecular weight is 453 g/mol. The lowest BCUT2D eigenvalue weighted by Crippen LogP contribution is -2.43. The highest BCUT2D eigenvalue weighted by atomic mass is 19.3. The number of nitrogens with one attached hydrogen (secondary N) is 1. The lowest BCUT2D eigenvalue weighted by Gasteiger charge is -2.51. The molecule has 0 saturated heterocycles. The van der Waals surface area contributed by atoms with Gasteiger partial charge < -0.3 is 10.4 Å². The van der Waals surface area contributed by atoms with Crippen LogP contribution in [0.25, 0.3) is 21.9 Å². The molecule has 6 rings (SSSR count). The van der Waals surface area contributed by atoms with Crippen LogP contribution >= 0.6 is 0 Å². The number of nitrogens with zero attached hydrogens (tertiary/aromatic N) is 1. The molecular formula is C27H27F3N2O. The van der Waals surface area contributed by atoms with E-state index in [-0.39, 0.29) is 33.4 Å². The van der Waals surface area contributed by atoms with Crippen LogP contribution < -0.4 is 10.4 Å². The van der Waals surface area contributed by atoms with Crippen LogP contribution in [0.2, 0.25) is 0 Å². The van der Waals surface area contributed by atoms with Crippen molar-refractivity contribution >= 4 is 22.1 Å². The summed E-state index contributed by atoms with van der Waals surface area (Å²) in [5.41, 5.74) is 3.74. The number of benzene rings is 3. The van der Waals surface area contributed by atoms with Crippen LogP contribution in [0.5, 0.6) is 5.75 Å². The molecule has 2 N–H and O–H groups in total. The third-order valence-electron chi connectivity index (χ3n) is 7.72. The SMILES string of the molecule is CC1(C)CC(C)(C)CC2(C1)c1ccccc1-c1c2cc(O)c2cc3c(cc12)N(F)C(F)(F)N3. The van der Waals surface area contributed by atoms with Crippen LogP contribution in [-0.2, 0) is 5.41 Å². The minimum absolute atomic E-state index is 0.0299. The molecule has 6 heteroatoms. The Hall–Kier alpha value is -2.89. The predicted molar refractivity (Wildman–Crippen MR) is 125 cm³/mol. The summed E-state index contributed by atoms with van der Waals surface area (Å²) in [4.78, 5) is 0. The maximum Gasteiger partial charge on any atom is 0.438 e. The third-order valence-corrected chi connectivity index (χ3v) is 7.72. The van der Waals surface area contributed by atoms with E-state index < -0.39 is 11.3 Å². The third kappa shape index (κ3) is 2.69. The maximum absolute atomic E-state index is 14.5. The molecular weight excluding hydrogens is 425 g/mol. The first-order valence-corrected chi connectivity index (χ1v) is 11.4. The topological polar surface area (TPSA) is 35.5 Å². The summed E-state index contributed by atoms with van der Waals surface area (Å²) in [5, 5.41) is 13.5.